The van der Waals surface area contributed by atoms with Gasteiger partial charge in [0.15, 0.2) is 0 Å². The van der Waals surface area contributed by atoms with E-state index >= 15 is 0 Å². The molecule has 1 aromatic carbocycles. The maximum Gasteiger partial charge on any atom is 0.227 e. The second-order valence-corrected chi connectivity index (χ2v) is 7.27. The van der Waals surface area contributed by atoms with Gasteiger partial charge in [-0.1, -0.05) is 35.5 Å². The summed E-state index contributed by atoms with van der Waals surface area (Å²) in [6, 6.07) is 12.2. The molecule has 0 spiro atoms. The minimum absolute atomic E-state index is 0.0294. The fraction of sp³-hybridized carbons (Fsp3) is 0.316. The van der Waals surface area contributed by atoms with Crippen molar-refractivity contribution in [1.29, 1.82) is 0 Å². The molecule has 0 saturated carbocycles. The van der Waals surface area contributed by atoms with Gasteiger partial charge in [0, 0.05) is 25.9 Å². The average Bonchev–Trinajstić information content (AvgIpc) is 3.30. The van der Waals surface area contributed by atoms with E-state index in [-0.39, 0.29) is 5.91 Å². The van der Waals surface area contributed by atoms with Crippen molar-refractivity contribution in [1.82, 2.24) is 20.4 Å². The number of carbonyl (C=O) groups excluding carboxylic acids is 1. The highest BCUT2D eigenvalue weighted by Gasteiger charge is 2.11. The van der Waals surface area contributed by atoms with Gasteiger partial charge in [-0.25, -0.2) is 0 Å². The molecule has 3 rings (SSSR count). The molecular formula is C19H22N4O2S. The average molecular weight is 370 g/mol. The number of amides is 1. The van der Waals surface area contributed by atoms with Crippen LogP contribution in [0.3, 0.4) is 0 Å². The highest BCUT2D eigenvalue weighted by Crippen LogP contribution is 2.21. The largest absolute Gasteiger partial charge is 0.352 e. The summed E-state index contributed by atoms with van der Waals surface area (Å²) in [5, 5.41) is 8.84. The van der Waals surface area contributed by atoms with E-state index in [2.05, 4.69) is 32.5 Å². The summed E-state index contributed by atoms with van der Waals surface area (Å²) >= 11 is 1.56. The topological polar surface area (TPSA) is 71.3 Å². The summed E-state index contributed by atoms with van der Waals surface area (Å²) in [5.74, 6) is 1.03. The number of aryl methyl sites for hydroxylation is 1. The lowest BCUT2D eigenvalue weighted by atomic mass is 10.1. The summed E-state index contributed by atoms with van der Waals surface area (Å²) in [5.41, 5.74) is 2.33. The Labute approximate surface area is 156 Å². The fourth-order valence-corrected chi connectivity index (χ4v) is 3.15. The zero-order valence-corrected chi connectivity index (χ0v) is 15.8. The van der Waals surface area contributed by atoms with Gasteiger partial charge in [0.2, 0.25) is 17.6 Å². The van der Waals surface area contributed by atoms with Crippen molar-refractivity contribution in [3.8, 4) is 10.7 Å². The van der Waals surface area contributed by atoms with Crippen molar-refractivity contribution in [3.63, 3.8) is 0 Å². The highest BCUT2D eigenvalue weighted by molar-refractivity contribution is 7.13. The van der Waals surface area contributed by atoms with Crippen LogP contribution >= 0.6 is 11.3 Å². The van der Waals surface area contributed by atoms with Gasteiger partial charge < -0.3 is 14.7 Å². The van der Waals surface area contributed by atoms with Crippen molar-refractivity contribution in [3.05, 3.63) is 58.8 Å². The van der Waals surface area contributed by atoms with Gasteiger partial charge in [-0.2, -0.15) is 4.98 Å². The second kappa shape index (κ2) is 8.73. The number of rotatable bonds is 8. The molecule has 3 aromatic rings. The molecule has 6 nitrogen and oxygen atoms in total. The first kappa shape index (κ1) is 18.3. The first-order valence-corrected chi connectivity index (χ1v) is 9.34. The lowest BCUT2D eigenvalue weighted by Crippen LogP contribution is -2.23. The van der Waals surface area contributed by atoms with Crippen LogP contribution in [0.4, 0.5) is 0 Å². The molecule has 0 fully saturated rings. The van der Waals surface area contributed by atoms with Gasteiger partial charge in [-0.15, -0.1) is 11.3 Å². The lowest BCUT2D eigenvalue weighted by molar-refractivity contribution is -0.121. The number of aromatic nitrogens is 2. The molecule has 136 valence electrons. The standard InChI is InChI=1S/C19H22N4O2S/c1-23(2)13-15-7-5-14(6-8-15)12-20-17(24)9-10-18-21-19(22-25-18)16-4-3-11-26-16/h3-8,11H,9-10,12-13H2,1-2H3,(H,20,24). The van der Waals surface area contributed by atoms with E-state index in [1.54, 1.807) is 11.3 Å². The molecule has 0 aliphatic rings. The summed E-state index contributed by atoms with van der Waals surface area (Å²) in [6.45, 7) is 1.43. The summed E-state index contributed by atoms with van der Waals surface area (Å²) in [4.78, 5) is 19.4. The Morgan fingerprint density at radius 1 is 1.19 bits per heavy atom. The van der Waals surface area contributed by atoms with Crippen molar-refractivity contribution in [2.75, 3.05) is 14.1 Å². The van der Waals surface area contributed by atoms with Crippen molar-refractivity contribution >= 4 is 17.2 Å². The van der Waals surface area contributed by atoms with Gasteiger partial charge in [-0.05, 0) is 36.7 Å². The molecular weight excluding hydrogens is 348 g/mol. The van der Waals surface area contributed by atoms with Crippen LogP contribution in [0, 0.1) is 0 Å². The minimum Gasteiger partial charge on any atom is -0.352 e. The van der Waals surface area contributed by atoms with Crippen LogP contribution in [0.15, 0.2) is 46.3 Å². The maximum absolute atomic E-state index is 12.0. The second-order valence-electron chi connectivity index (χ2n) is 6.32. The molecule has 1 N–H and O–H groups in total. The van der Waals surface area contributed by atoms with Gasteiger partial charge >= 0.3 is 0 Å². The normalized spacial score (nSPS) is 11.0. The van der Waals surface area contributed by atoms with Crippen molar-refractivity contribution < 1.29 is 9.32 Å². The number of thiophene rings is 1. The molecule has 0 aliphatic heterocycles. The van der Waals surface area contributed by atoms with Crippen LogP contribution < -0.4 is 5.32 Å². The number of nitrogens with zero attached hydrogens (tertiary/aromatic N) is 3. The van der Waals surface area contributed by atoms with E-state index in [1.807, 2.05) is 43.7 Å². The number of hydrogen-bond acceptors (Lipinski definition) is 6. The Morgan fingerprint density at radius 3 is 2.65 bits per heavy atom. The molecule has 0 radical (unpaired) electrons. The Bertz CT molecular complexity index is 826. The first-order chi connectivity index (χ1) is 12.6. The molecule has 0 saturated heterocycles. The Balaban J connectivity index is 1.43. The number of benzene rings is 1. The third kappa shape index (κ3) is 5.24. The third-order valence-electron chi connectivity index (χ3n) is 3.79. The molecule has 0 unspecified atom stereocenters. The zero-order valence-electron chi connectivity index (χ0n) is 14.9. The summed E-state index contributed by atoms with van der Waals surface area (Å²) < 4.78 is 5.21. The lowest BCUT2D eigenvalue weighted by Gasteiger charge is -2.10. The first-order valence-electron chi connectivity index (χ1n) is 8.46. The molecule has 26 heavy (non-hydrogen) atoms. The van der Waals surface area contributed by atoms with Crippen LogP contribution in [-0.4, -0.2) is 35.0 Å². The smallest absolute Gasteiger partial charge is 0.227 e. The number of hydrogen-bond donors (Lipinski definition) is 1. The summed E-state index contributed by atoms with van der Waals surface area (Å²) in [6.07, 6.45) is 0.761. The minimum atomic E-state index is -0.0294. The third-order valence-corrected chi connectivity index (χ3v) is 4.65. The quantitative estimate of drug-likeness (QED) is 0.660. The molecule has 0 atom stereocenters. The maximum atomic E-state index is 12.0. The van der Waals surface area contributed by atoms with Crippen LogP contribution in [0.1, 0.15) is 23.4 Å². The number of carbonyl (C=O) groups is 1. The van der Waals surface area contributed by atoms with Gasteiger partial charge in [0.1, 0.15) is 0 Å². The molecule has 2 heterocycles. The Morgan fingerprint density at radius 2 is 1.96 bits per heavy atom. The van der Waals surface area contributed by atoms with E-state index in [4.69, 9.17) is 4.52 Å². The van der Waals surface area contributed by atoms with Crippen molar-refractivity contribution in [2.24, 2.45) is 0 Å². The van der Waals surface area contributed by atoms with Crippen LogP contribution in [0.25, 0.3) is 10.7 Å². The van der Waals surface area contributed by atoms with Gasteiger partial charge in [0.05, 0.1) is 4.88 Å². The summed E-state index contributed by atoms with van der Waals surface area (Å²) in [7, 11) is 4.09. The molecule has 0 aliphatic carbocycles. The Hall–Kier alpha value is -2.51. The fourth-order valence-electron chi connectivity index (χ4n) is 2.50. The molecule has 2 aromatic heterocycles. The van der Waals surface area contributed by atoms with Crippen LogP contribution in [-0.2, 0) is 24.3 Å². The molecule has 1 amide bonds. The molecule has 0 bridgehead atoms. The molecule has 7 heteroatoms. The van der Waals surface area contributed by atoms with E-state index in [9.17, 15) is 4.79 Å². The van der Waals surface area contributed by atoms with E-state index < -0.39 is 0 Å². The van der Waals surface area contributed by atoms with Crippen LogP contribution in [0.5, 0.6) is 0 Å². The van der Waals surface area contributed by atoms with Gasteiger partial charge in [0.25, 0.3) is 0 Å². The Kier molecular flexibility index (Phi) is 6.14. The van der Waals surface area contributed by atoms with Crippen LogP contribution in [0.2, 0.25) is 0 Å². The van der Waals surface area contributed by atoms with Gasteiger partial charge in [-0.3, -0.25) is 4.79 Å². The number of nitrogens with one attached hydrogen (secondary N) is 1. The zero-order chi connectivity index (χ0) is 18.4. The monoisotopic (exact) mass is 370 g/mol. The predicted octanol–water partition coefficient (Wildman–Crippen LogP) is 3.11. The van der Waals surface area contributed by atoms with Crippen molar-refractivity contribution in [2.45, 2.75) is 25.9 Å². The van der Waals surface area contributed by atoms with E-state index in [1.165, 1.54) is 5.56 Å². The van der Waals surface area contributed by atoms with E-state index in [0.29, 0.717) is 31.1 Å². The predicted molar refractivity (Wildman–Crippen MR) is 102 cm³/mol. The highest BCUT2D eigenvalue weighted by atomic mass is 32.1. The van der Waals surface area contributed by atoms with E-state index in [0.717, 1.165) is 17.0 Å². The SMILES string of the molecule is CN(C)Cc1ccc(CNC(=O)CCc2nc(-c3cccs3)no2)cc1.